The molecule has 28 heavy (non-hydrogen) atoms. The lowest BCUT2D eigenvalue weighted by atomic mass is 10.2. The summed E-state index contributed by atoms with van der Waals surface area (Å²) < 4.78 is 37.2. The predicted molar refractivity (Wildman–Crippen MR) is 107 cm³/mol. The molecule has 1 saturated heterocycles. The Balaban J connectivity index is 1.58. The molecule has 152 valence electrons. The molecule has 10 heteroatoms. The summed E-state index contributed by atoms with van der Waals surface area (Å²) in [5.74, 6) is 1.42. The third kappa shape index (κ3) is 4.93. The number of carbonyl (C=O) groups is 1. The molecule has 8 nitrogen and oxygen atoms in total. The maximum Gasteiger partial charge on any atom is 0.243 e. The number of sulfonamides is 1. The van der Waals surface area contributed by atoms with Crippen LogP contribution >= 0.6 is 11.8 Å². The van der Waals surface area contributed by atoms with Crippen molar-refractivity contribution in [3.8, 4) is 0 Å². The molecule has 0 unspecified atom stereocenters. The number of hydrogen-bond donors (Lipinski definition) is 1. The van der Waals surface area contributed by atoms with E-state index >= 15 is 0 Å². The van der Waals surface area contributed by atoms with Crippen molar-refractivity contribution in [2.24, 2.45) is 0 Å². The number of benzene rings is 1. The summed E-state index contributed by atoms with van der Waals surface area (Å²) in [6.45, 7) is 5.15. The molecule has 1 aromatic carbocycles. The molecule has 0 bridgehead atoms. The molecule has 2 heterocycles. The average Bonchev–Trinajstić information content (AvgIpc) is 3.01. The van der Waals surface area contributed by atoms with Crippen LogP contribution in [0, 0.1) is 13.8 Å². The van der Waals surface area contributed by atoms with E-state index < -0.39 is 10.0 Å². The van der Waals surface area contributed by atoms with E-state index in [0.29, 0.717) is 37.7 Å². The number of morpholine rings is 1. The number of nitrogens with one attached hydrogen (secondary N) is 1. The lowest BCUT2D eigenvalue weighted by Crippen LogP contribution is -2.40. The first-order chi connectivity index (χ1) is 13.4. The van der Waals surface area contributed by atoms with Crippen LogP contribution in [0.5, 0.6) is 0 Å². The molecule has 1 amide bonds. The Morgan fingerprint density at radius 2 is 2.04 bits per heavy atom. The molecule has 0 saturated carbocycles. The van der Waals surface area contributed by atoms with Crippen LogP contribution in [-0.2, 0) is 25.3 Å². The zero-order chi connectivity index (χ0) is 20.1. The van der Waals surface area contributed by atoms with E-state index in [1.54, 1.807) is 12.1 Å². The van der Waals surface area contributed by atoms with Crippen LogP contribution in [0.15, 0.2) is 33.7 Å². The van der Waals surface area contributed by atoms with Gasteiger partial charge < -0.3 is 14.6 Å². The van der Waals surface area contributed by atoms with Gasteiger partial charge in [0.2, 0.25) is 15.9 Å². The van der Waals surface area contributed by atoms with Gasteiger partial charge in [0, 0.05) is 30.1 Å². The minimum Gasteiger partial charge on any atom is -0.379 e. The molecule has 1 N–H and O–H groups in total. The van der Waals surface area contributed by atoms with Crippen molar-refractivity contribution in [3.63, 3.8) is 0 Å². The number of aryl methyl sites for hydroxylation is 2. The molecule has 0 spiro atoms. The Morgan fingerprint density at radius 3 is 2.71 bits per heavy atom. The average molecular weight is 426 g/mol. The number of aromatic nitrogens is 1. The lowest BCUT2D eigenvalue weighted by Gasteiger charge is -2.26. The number of anilines is 1. The van der Waals surface area contributed by atoms with Crippen molar-refractivity contribution in [3.05, 3.63) is 41.3 Å². The second-order valence-corrected chi connectivity index (χ2v) is 9.31. The van der Waals surface area contributed by atoms with Gasteiger partial charge in [-0.25, -0.2) is 8.42 Å². The third-order valence-electron chi connectivity index (χ3n) is 4.39. The highest BCUT2D eigenvalue weighted by Gasteiger charge is 2.26. The maximum absolute atomic E-state index is 12.7. The first kappa shape index (κ1) is 20.8. The normalized spacial score (nSPS) is 15.5. The van der Waals surface area contributed by atoms with E-state index in [0.717, 1.165) is 17.0 Å². The van der Waals surface area contributed by atoms with Crippen LogP contribution in [0.3, 0.4) is 0 Å². The van der Waals surface area contributed by atoms with Crippen molar-refractivity contribution in [2.75, 3.05) is 37.4 Å². The van der Waals surface area contributed by atoms with Gasteiger partial charge in [0.1, 0.15) is 5.76 Å². The summed E-state index contributed by atoms with van der Waals surface area (Å²) in [6, 6.07) is 6.32. The van der Waals surface area contributed by atoms with Crippen molar-refractivity contribution >= 4 is 33.4 Å². The summed E-state index contributed by atoms with van der Waals surface area (Å²) in [4.78, 5) is 12.4. The molecule has 0 aliphatic carbocycles. The number of rotatable bonds is 7. The Bertz CT molecular complexity index is 917. The summed E-state index contributed by atoms with van der Waals surface area (Å²) >= 11 is 1.45. The van der Waals surface area contributed by atoms with Crippen molar-refractivity contribution in [1.29, 1.82) is 0 Å². The van der Waals surface area contributed by atoms with Gasteiger partial charge in [-0.05, 0) is 32.0 Å². The van der Waals surface area contributed by atoms with Gasteiger partial charge in [-0.3, -0.25) is 4.79 Å². The lowest BCUT2D eigenvalue weighted by molar-refractivity contribution is -0.113. The van der Waals surface area contributed by atoms with Crippen LogP contribution < -0.4 is 5.32 Å². The van der Waals surface area contributed by atoms with Gasteiger partial charge in [0.05, 0.1) is 29.6 Å². The van der Waals surface area contributed by atoms with Crippen LogP contribution in [0.1, 0.15) is 17.0 Å². The highest BCUT2D eigenvalue weighted by atomic mass is 32.2. The van der Waals surface area contributed by atoms with E-state index in [1.165, 1.54) is 28.2 Å². The van der Waals surface area contributed by atoms with E-state index in [-0.39, 0.29) is 16.6 Å². The first-order valence-electron chi connectivity index (χ1n) is 8.85. The molecule has 1 aromatic heterocycles. The van der Waals surface area contributed by atoms with Gasteiger partial charge in [0.15, 0.2) is 0 Å². The first-order valence-corrected chi connectivity index (χ1v) is 11.4. The van der Waals surface area contributed by atoms with Crippen LogP contribution in [0.25, 0.3) is 0 Å². The topological polar surface area (TPSA) is 102 Å². The standard InChI is InChI=1S/C18H23N3O5S2/c1-13-17(14(2)26-20-13)11-27-12-18(22)19-15-4-3-5-16(10-15)28(23,24)21-6-8-25-9-7-21/h3-5,10H,6-9,11-12H2,1-2H3,(H,19,22). The largest absolute Gasteiger partial charge is 0.379 e. The highest BCUT2D eigenvalue weighted by Crippen LogP contribution is 2.22. The predicted octanol–water partition coefficient (Wildman–Crippen LogP) is 2.18. The molecular weight excluding hydrogens is 402 g/mol. The number of nitrogens with zero attached hydrogens (tertiary/aromatic N) is 2. The fourth-order valence-electron chi connectivity index (χ4n) is 2.82. The molecule has 2 aromatic rings. The summed E-state index contributed by atoms with van der Waals surface area (Å²) in [6.07, 6.45) is 0. The fraction of sp³-hybridized carbons (Fsp3) is 0.444. The minimum atomic E-state index is -3.60. The van der Waals surface area contributed by atoms with Gasteiger partial charge in [0.25, 0.3) is 0 Å². The van der Waals surface area contributed by atoms with Crippen LogP contribution in [-0.4, -0.2) is 55.8 Å². The zero-order valence-corrected chi connectivity index (χ0v) is 17.4. The molecule has 0 atom stereocenters. The fourth-order valence-corrected chi connectivity index (χ4v) is 5.25. The second kappa shape index (κ2) is 9.08. The maximum atomic E-state index is 12.7. The number of ether oxygens (including phenoxy) is 1. The van der Waals surface area contributed by atoms with E-state index in [2.05, 4.69) is 10.5 Å². The molecule has 1 aliphatic heterocycles. The summed E-state index contributed by atoms with van der Waals surface area (Å²) in [5.41, 5.74) is 2.28. The van der Waals surface area contributed by atoms with Crippen molar-refractivity contribution < 1.29 is 22.5 Å². The van der Waals surface area contributed by atoms with Crippen molar-refractivity contribution in [1.82, 2.24) is 9.46 Å². The molecule has 0 radical (unpaired) electrons. The van der Waals surface area contributed by atoms with E-state index in [9.17, 15) is 13.2 Å². The van der Waals surface area contributed by atoms with Crippen molar-refractivity contribution in [2.45, 2.75) is 24.5 Å². The SMILES string of the molecule is Cc1noc(C)c1CSCC(=O)Nc1cccc(S(=O)(=O)N2CCOCC2)c1. The van der Waals surface area contributed by atoms with Gasteiger partial charge in [-0.15, -0.1) is 11.8 Å². The number of thioether (sulfide) groups is 1. The van der Waals surface area contributed by atoms with E-state index in [4.69, 9.17) is 9.26 Å². The molecule has 1 fully saturated rings. The molecule has 1 aliphatic rings. The van der Waals surface area contributed by atoms with E-state index in [1.807, 2.05) is 13.8 Å². The summed E-state index contributed by atoms with van der Waals surface area (Å²) in [5, 5.41) is 6.66. The van der Waals surface area contributed by atoms with Gasteiger partial charge >= 0.3 is 0 Å². The van der Waals surface area contributed by atoms with Gasteiger partial charge in [-0.2, -0.15) is 4.31 Å². The monoisotopic (exact) mass is 425 g/mol. The zero-order valence-electron chi connectivity index (χ0n) is 15.8. The highest BCUT2D eigenvalue weighted by molar-refractivity contribution is 7.99. The molecular formula is C18H23N3O5S2. The smallest absolute Gasteiger partial charge is 0.243 e. The Hall–Kier alpha value is -1.88. The Morgan fingerprint density at radius 1 is 1.29 bits per heavy atom. The number of carbonyl (C=O) groups excluding carboxylic acids is 1. The number of amides is 1. The van der Waals surface area contributed by atoms with Gasteiger partial charge in [-0.1, -0.05) is 11.2 Å². The molecule has 3 rings (SSSR count). The van der Waals surface area contributed by atoms with Crippen LogP contribution in [0.4, 0.5) is 5.69 Å². The number of hydrogen-bond acceptors (Lipinski definition) is 7. The second-order valence-electron chi connectivity index (χ2n) is 6.39. The quantitative estimate of drug-likeness (QED) is 0.725. The third-order valence-corrected chi connectivity index (χ3v) is 7.24. The minimum absolute atomic E-state index is 0.163. The Kier molecular flexibility index (Phi) is 6.76. The Labute approximate surface area is 168 Å². The summed E-state index contributed by atoms with van der Waals surface area (Å²) in [7, 11) is -3.60. The van der Waals surface area contributed by atoms with Crippen LogP contribution in [0.2, 0.25) is 0 Å².